The number of hydrogen-bond acceptors (Lipinski definition) is 4. The van der Waals surface area contributed by atoms with Gasteiger partial charge in [-0.2, -0.15) is 0 Å². The summed E-state index contributed by atoms with van der Waals surface area (Å²) in [6, 6.07) is 9.48. The van der Waals surface area contributed by atoms with E-state index in [-0.39, 0.29) is 0 Å². The highest BCUT2D eigenvalue weighted by atomic mass is 35.5. The van der Waals surface area contributed by atoms with Crippen LogP contribution in [0.15, 0.2) is 34.7 Å². The minimum atomic E-state index is 0.571. The highest BCUT2D eigenvalue weighted by molar-refractivity contribution is 6.34. The van der Waals surface area contributed by atoms with Crippen molar-refractivity contribution in [1.82, 2.24) is 9.97 Å². The van der Waals surface area contributed by atoms with Crippen LogP contribution in [0.2, 0.25) is 5.02 Å². The first-order chi connectivity index (χ1) is 9.17. The molecule has 1 N–H and O–H groups in total. The summed E-state index contributed by atoms with van der Waals surface area (Å²) in [6.45, 7) is 1.92. The van der Waals surface area contributed by atoms with Crippen LogP contribution in [0, 0.1) is 6.92 Å². The lowest BCUT2D eigenvalue weighted by atomic mass is 10.2. The normalized spacial score (nSPS) is 10.9. The van der Waals surface area contributed by atoms with Crippen LogP contribution in [0.5, 0.6) is 0 Å². The van der Waals surface area contributed by atoms with Gasteiger partial charge in [-0.1, -0.05) is 23.7 Å². The molecule has 5 heteroatoms. The Bertz CT molecular complexity index is 752. The first-order valence-electron chi connectivity index (χ1n) is 5.89. The molecule has 0 fully saturated rings. The summed E-state index contributed by atoms with van der Waals surface area (Å²) in [5, 5.41) is 4.50. The third-order valence-corrected chi connectivity index (χ3v) is 3.12. The Labute approximate surface area is 115 Å². The van der Waals surface area contributed by atoms with Crippen molar-refractivity contribution in [3.8, 4) is 11.5 Å². The summed E-state index contributed by atoms with van der Waals surface area (Å²) in [7, 11) is 1.79. The van der Waals surface area contributed by atoms with E-state index in [4.69, 9.17) is 16.0 Å². The Hall–Kier alpha value is -2.07. The van der Waals surface area contributed by atoms with E-state index in [2.05, 4.69) is 15.3 Å². The lowest BCUT2D eigenvalue weighted by Crippen LogP contribution is -1.98. The van der Waals surface area contributed by atoms with E-state index >= 15 is 0 Å². The van der Waals surface area contributed by atoms with E-state index in [1.54, 1.807) is 13.1 Å². The fourth-order valence-electron chi connectivity index (χ4n) is 1.96. The molecule has 1 aromatic carbocycles. The minimum Gasteiger partial charge on any atom is -0.453 e. The fourth-order valence-corrected chi connectivity index (χ4v) is 2.18. The molecular weight excluding hydrogens is 262 g/mol. The molecule has 0 unspecified atom stereocenters. The van der Waals surface area contributed by atoms with Crippen molar-refractivity contribution in [1.29, 1.82) is 0 Å². The van der Waals surface area contributed by atoms with Crippen molar-refractivity contribution >= 4 is 28.5 Å². The third-order valence-electron chi connectivity index (χ3n) is 2.83. The molecule has 3 aromatic rings. The molecule has 2 aromatic heterocycles. The van der Waals surface area contributed by atoms with E-state index in [0.717, 1.165) is 16.8 Å². The van der Waals surface area contributed by atoms with Gasteiger partial charge in [0.05, 0.1) is 5.02 Å². The number of halogens is 1. The molecule has 0 atom stereocenters. The Balaban J connectivity index is 2.19. The number of hydrogen-bond donors (Lipinski definition) is 1. The van der Waals surface area contributed by atoms with E-state index in [9.17, 15) is 0 Å². The number of nitrogens with one attached hydrogen (secondary N) is 1. The van der Waals surface area contributed by atoms with Crippen molar-refractivity contribution < 1.29 is 4.42 Å². The maximum atomic E-state index is 6.11. The van der Waals surface area contributed by atoms with Crippen molar-refractivity contribution in [2.75, 3.05) is 12.4 Å². The molecular formula is C14H12ClN3O. The molecule has 0 amide bonds. The van der Waals surface area contributed by atoms with Crippen molar-refractivity contribution in [2.45, 2.75) is 6.92 Å². The predicted octanol–water partition coefficient (Wildman–Crippen LogP) is 3.89. The molecule has 2 heterocycles. The minimum absolute atomic E-state index is 0.571. The van der Waals surface area contributed by atoms with Crippen molar-refractivity contribution in [2.24, 2.45) is 0 Å². The quantitative estimate of drug-likeness (QED) is 0.769. The van der Waals surface area contributed by atoms with Crippen LogP contribution in [0.3, 0.4) is 0 Å². The topological polar surface area (TPSA) is 51.0 Å². The maximum absolute atomic E-state index is 6.11. The van der Waals surface area contributed by atoms with Gasteiger partial charge in [-0.25, -0.2) is 9.97 Å². The fraction of sp³-hybridized carbons (Fsp3) is 0.143. The third kappa shape index (κ3) is 2.15. The molecule has 0 aliphatic carbocycles. The Morgan fingerprint density at radius 2 is 2.05 bits per heavy atom. The molecule has 0 spiro atoms. The van der Waals surface area contributed by atoms with Crippen LogP contribution in [-0.4, -0.2) is 17.0 Å². The van der Waals surface area contributed by atoms with Crippen LogP contribution < -0.4 is 5.32 Å². The zero-order chi connectivity index (χ0) is 13.4. The standard InChI is InChI=1S/C14H12ClN3O/c1-8-6-11(18-14(16-2)17-8)12-7-9-4-3-5-10(15)13(9)19-12/h3-7H,1-2H3,(H,16,17,18). The first kappa shape index (κ1) is 12.0. The number of anilines is 1. The van der Waals surface area contributed by atoms with Gasteiger partial charge in [0.15, 0.2) is 11.3 Å². The summed E-state index contributed by atoms with van der Waals surface area (Å²) < 4.78 is 5.79. The average molecular weight is 274 g/mol. The second-order valence-electron chi connectivity index (χ2n) is 4.24. The Kier molecular flexibility index (Phi) is 2.87. The smallest absolute Gasteiger partial charge is 0.223 e. The molecule has 4 nitrogen and oxygen atoms in total. The van der Waals surface area contributed by atoms with E-state index in [1.165, 1.54) is 0 Å². The maximum Gasteiger partial charge on any atom is 0.223 e. The van der Waals surface area contributed by atoms with Gasteiger partial charge in [0.25, 0.3) is 0 Å². The molecule has 0 saturated carbocycles. The van der Waals surface area contributed by atoms with Gasteiger partial charge < -0.3 is 9.73 Å². The summed E-state index contributed by atoms with van der Waals surface area (Å²) >= 11 is 6.11. The van der Waals surface area contributed by atoms with Crippen molar-refractivity contribution in [3.63, 3.8) is 0 Å². The molecule has 0 radical (unpaired) electrons. The number of aryl methyl sites for hydroxylation is 1. The molecule has 19 heavy (non-hydrogen) atoms. The lowest BCUT2D eigenvalue weighted by molar-refractivity contribution is 0.628. The van der Waals surface area contributed by atoms with Crippen LogP contribution in [0.1, 0.15) is 5.69 Å². The molecule has 0 saturated heterocycles. The highest BCUT2D eigenvalue weighted by Crippen LogP contribution is 2.31. The molecule has 0 aliphatic rings. The largest absolute Gasteiger partial charge is 0.453 e. The van der Waals surface area contributed by atoms with Gasteiger partial charge in [0.1, 0.15) is 5.69 Å². The monoisotopic (exact) mass is 273 g/mol. The zero-order valence-corrected chi connectivity index (χ0v) is 11.3. The molecule has 0 aliphatic heterocycles. The second-order valence-corrected chi connectivity index (χ2v) is 4.64. The number of benzene rings is 1. The van der Waals surface area contributed by atoms with Crippen molar-refractivity contribution in [3.05, 3.63) is 41.0 Å². The van der Waals surface area contributed by atoms with Crippen LogP contribution in [-0.2, 0) is 0 Å². The number of rotatable bonds is 2. The van der Waals surface area contributed by atoms with Gasteiger partial charge in [0, 0.05) is 18.1 Å². The van der Waals surface area contributed by atoms with E-state index < -0.39 is 0 Å². The molecule has 0 bridgehead atoms. The summed E-state index contributed by atoms with van der Waals surface area (Å²) in [4.78, 5) is 8.65. The molecule has 3 rings (SSSR count). The predicted molar refractivity (Wildman–Crippen MR) is 76.5 cm³/mol. The van der Waals surface area contributed by atoms with E-state index in [1.807, 2.05) is 31.2 Å². The number of furan rings is 1. The van der Waals surface area contributed by atoms with Gasteiger partial charge in [0.2, 0.25) is 5.95 Å². The zero-order valence-electron chi connectivity index (χ0n) is 10.6. The van der Waals surface area contributed by atoms with Crippen LogP contribution >= 0.6 is 11.6 Å². The van der Waals surface area contributed by atoms with Gasteiger partial charge >= 0.3 is 0 Å². The Morgan fingerprint density at radius 3 is 2.79 bits per heavy atom. The number of para-hydroxylation sites is 1. The summed E-state index contributed by atoms with van der Waals surface area (Å²) in [5.74, 6) is 1.26. The van der Waals surface area contributed by atoms with Gasteiger partial charge in [-0.05, 0) is 25.1 Å². The second kappa shape index (κ2) is 4.55. The average Bonchev–Trinajstić information content (AvgIpc) is 2.83. The first-order valence-corrected chi connectivity index (χ1v) is 6.27. The van der Waals surface area contributed by atoms with Gasteiger partial charge in [-0.3, -0.25) is 0 Å². The summed E-state index contributed by atoms with van der Waals surface area (Å²) in [5.41, 5.74) is 2.30. The van der Waals surface area contributed by atoms with Crippen LogP contribution in [0.25, 0.3) is 22.4 Å². The number of fused-ring (bicyclic) bond motifs is 1. The summed E-state index contributed by atoms with van der Waals surface area (Å²) in [6.07, 6.45) is 0. The lowest BCUT2D eigenvalue weighted by Gasteiger charge is -2.02. The van der Waals surface area contributed by atoms with Crippen LogP contribution in [0.4, 0.5) is 5.95 Å². The van der Waals surface area contributed by atoms with E-state index in [0.29, 0.717) is 22.3 Å². The van der Waals surface area contributed by atoms with Gasteiger partial charge in [-0.15, -0.1) is 0 Å². The SMILES string of the molecule is CNc1nc(C)cc(-c2cc3cccc(Cl)c3o2)n1. The highest BCUT2D eigenvalue weighted by Gasteiger charge is 2.11. The Morgan fingerprint density at radius 1 is 1.21 bits per heavy atom. The molecule has 96 valence electrons. The number of nitrogens with zero attached hydrogens (tertiary/aromatic N) is 2. The number of aromatic nitrogens is 2.